The summed E-state index contributed by atoms with van der Waals surface area (Å²) in [5.74, 6) is -0.906. The molecular weight excluding hydrogens is 242 g/mol. The lowest BCUT2D eigenvalue weighted by molar-refractivity contribution is -0.136. The lowest BCUT2D eigenvalue weighted by atomic mass is 10.1. The largest absolute Gasteiger partial charge is 0.481 e. The highest BCUT2D eigenvalue weighted by atomic mass is 16.4. The fourth-order valence-corrected chi connectivity index (χ4v) is 1.96. The van der Waals surface area contributed by atoms with Gasteiger partial charge in [0.05, 0.1) is 6.42 Å². The number of hydrogen-bond acceptors (Lipinski definition) is 2. The van der Waals surface area contributed by atoms with Gasteiger partial charge in [0.1, 0.15) is 0 Å². The zero-order valence-electron chi connectivity index (χ0n) is 11.8. The predicted molar refractivity (Wildman–Crippen MR) is 75.4 cm³/mol. The van der Waals surface area contributed by atoms with Crippen LogP contribution in [0.1, 0.15) is 37.3 Å². The molecule has 0 saturated carbocycles. The van der Waals surface area contributed by atoms with Crippen molar-refractivity contribution in [2.24, 2.45) is 0 Å². The van der Waals surface area contributed by atoms with E-state index in [-0.39, 0.29) is 18.9 Å². The molecule has 0 heterocycles. The molecule has 0 radical (unpaired) electrons. The molecule has 1 N–H and O–H groups in total. The van der Waals surface area contributed by atoms with E-state index < -0.39 is 5.97 Å². The van der Waals surface area contributed by atoms with E-state index in [2.05, 4.69) is 0 Å². The highest BCUT2D eigenvalue weighted by Gasteiger charge is 2.18. The van der Waals surface area contributed by atoms with Gasteiger partial charge in [0, 0.05) is 18.7 Å². The standard InChI is InChI=1S/C15H21NO3/c1-4-6-14(17)16(10-9-15(18)19)13-8-5-7-11(2)12(13)3/h5,7-8H,4,6,9-10H2,1-3H3,(H,18,19). The van der Waals surface area contributed by atoms with Gasteiger partial charge in [0.25, 0.3) is 0 Å². The maximum atomic E-state index is 12.2. The number of amides is 1. The number of hydrogen-bond donors (Lipinski definition) is 1. The van der Waals surface area contributed by atoms with Gasteiger partial charge in [-0.2, -0.15) is 0 Å². The van der Waals surface area contributed by atoms with Gasteiger partial charge in [-0.05, 0) is 37.5 Å². The average Bonchev–Trinajstić information content (AvgIpc) is 2.34. The van der Waals surface area contributed by atoms with Crippen LogP contribution in [0.5, 0.6) is 0 Å². The van der Waals surface area contributed by atoms with Gasteiger partial charge < -0.3 is 10.0 Å². The predicted octanol–water partition coefficient (Wildman–Crippen LogP) is 2.91. The molecule has 0 aliphatic rings. The Labute approximate surface area is 114 Å². The zero-order valence-corrected chi connectivity index (χ0v) is 11.8. The summed E-state index contributed by atoms with van der Waals surface area (Å²) in [5.41, 5.74) is 2.94. The van der Waals surface area contributed by atoms with Crippen molar-refractivity contribution in [2.45, 2.75) is 40.0 Å². The topological polar surface area (TPSA) is 57.6 Å². The van der Waals surface area contributed by atoms with Crippen LogP contribution in [0.2, 0.25) is 0 Å². The summed E-state index contributed by atoms with van der Waals surface area (Å²) in [4.78, 5) is 24.5. The summed E-state index contributed by atoms with van der Waals surface area (Å²) in [6.07, 6.45) is 1.16. The number of anilines is 1. The van der Waals surface area contributed by atoms with Crippen molar-refractivity contribution in [1.29, 1.82) is 0 Å². The Hall–Kier alpha value is -1.84. The van der Waals surface area contributed by atoms with Gasteiger partial charge in [0.2, 0.25) is 5.91 Å². The molecule has 0 bridgehead atoms. The molecule has 0 aliphatic heterocycles. The van der Waals surface area contributed by atoms with Gasteiger partial charge >= 0.3 is 5.97 Å². The van der Waals surface area contributed by atoms with E-state index in [9.17, 15) is 9.59 Å². The fourth-order valence-electron chi connectivity index (χ4n) is 1.96. The van der Waals surface area contributed by atoms with Crippen molar-refractivity contribution in [1.82, 2.24) is 0 Å². The number of carbonyl (C=O) groups is 2. The maximum absolute atomic E-state index is 12.2. The molecule has 0 fully saturated rings. The molecule has 0 spiro atoms. The summed E-state index contributed by atoms with van der Waals surface area (Å²) in [6.45, 7) is 6.10. The molecule has 0 saturated heterocycles. The van der Waals surface area contributed by atoms with Crippen LogP contribution < -0.4 is 4.90 Å². The van der Waals surface area contributed by atoms with Crippen LogP contribution in [0.4, 0.5) is 5.69 Å². The summed E-state index contributed by atoms with van der Waals surface area (Å²) in [7, 11) is 0. The minimum Gasteiger partial charge on any atom is -0.481 e. The van der Waals surface area contributed by atoms with Crippen LogP contribution in [-0.4, -0.2) is 23.5 Å². The zero-order chi connectivity index (χ0) is 14.4. The first-order valence-corrected chi connectivity index (χ1v) is 6.55. The molecule has 0 aliphatic carbocycles. The first kappa shape index (κ1) is 15.2. The second kappa shape index (κ2) is 6.92. The first-order chi connectivity index (χ1) is 8.97. The molecule has 1 amide bonds. The molecule has 19 heavy (non-hydrogen) atoms. The van der Waals surface area contributed by atoms with Crippen LogP contribution >= 0.6 is 0 Å². The third kappa shape index (κ3) is 4.09. The molecular formula is C15H21NO3. The van der Waals surface area contributed by atoms with Gasteiger partial charge in [0.15, 0.2) is 0 Å². The van der Waals surface area contributed by atoms with E-state index in [4.69, 9.17) is 5.11 Å². The van der Waals surface area contributed by atoms with Crippen LogP contribution in [-0.2, 0) is 9.59 Å². The molecule has 1 rings (SSSR count). The van der Waals surface area contributed by atoms with Crippen LogP contribution in [0.3, 0.4) is 0 Å². The Kier molecular flexibility index (Phi) is 5.55. The average molecular weight is 263 g/mol. The van der Waals surface area contributed by atoms with Crippen molar-refractivity contribution in [2.75, 3.05) is 11.4 Å². The first-order valence-electron chi connectivity index (χ1n) is 6.55. The Morgan fingerprint density at radius 3 is 2.47 bits per heavy atom. The Morgan fingerprint density at radius 1 is 1.21 bits per heavy atom. The number of nitrogens with zero attached hydrogens (tertiary/aromatic N) is 1. The van der Waals surface area contributed by atoms with Crippen molar-refractivity contribution in [3.8, 4) is 0 Å². The Balaban J connectivity index is 3.04. The summed E-state index contributed by atoms with van der Waals surface area (Å²) >= 11 is 0. The van der Waals surface area contributed by atoms with E-state index in [0.29, 0.717) is 6.42 Å². The number of benzene rings is 1. The number of carbonyl (C=O) groups excluding carboxylic acids is 1. The lowest BCUT2D eigenvalue weighted by Crippen LogP contribution is -2.33. The lowest BCUT2D eigenvalue weighted by Gasteiger charge is -2.24. The van der Waals surface area contributed by atoms with E-state index in [1.807, 2.05) is 39.0 Å². The SMILES string of the molecule is CCCC(=O)N(CCC(=O)O)c1cccc(C)c1C. The van der Waals surface area contributed by atoms with Crippen molar-refractivity contribution in [3.63, 3.8) is 0 Å². The quantitative estimate of drug-likeness (QED) is 0.858. The van der Waals surface area contributed by atoms with Crippen molar-refractivity contribution in [3.05, 3.63) is 29.3 Å². The second-order valence-corrected chi connectivity index (χ2v) is 4.66. The Morgan fingerprint density at radius 2 is 1.89 bits per heavy atom. The Bertz CT molecular complexity index is 468. The molecule has 0 unspecified atom stereocenters. The van der Waals surface area contributed by atoms with E-state index >= 15 is 0 Å². The summed E-state index contributed by atoms with van der Waals surface area (Å²) in [5, 5.41) is 8.81. The van der Waals surface area contributed by atoms with Crippen molar-refractivity contribution >= 4 is 17.6 Å². The fraction of sp³-hybridized carbons (Fsp3) is 0.467. The van der Waals surface area contributed by atoms with Crippen LogP contribution in [0, 0.1) is 13.8 Å². The monoisotopic (exact) mass is 263 g/mol. The number of rotatable bonds is 6. The van der Waals surface area contributed by atoms with Crippen LogP contribution in [0.15, 0.2) is 18.2 Å². The van der Waals surface area contributed by atoms with E-state index in [1.165, 1.54) is 0 Å². The highest BCUT2D eigenvalue weighted by molar-refractivity contribution is 5.94. The van der Waals surface area contributed by atoms with Gasteiger partial charge in [-0.25, -0.2) is 0 Å². The third-order valence-corrected chi connectivity index (χ3v) is 3.18. The number of aliphatic carboxylic acids is 1. The summed E-state index contributed by atoms with van der Waals surface area (Å²) in [6, 6.07) is 5.75. The molecule has 4 nitrogen and oxygen atoms in total. The number of carboxylic acids is 1. The minimum absolute atomic E-state index is 0.0162. The van der Waals surface area contributed by atoms with Crippen LogP contribution in [0.25, 0.3) is 0 Å². The molecule has 1 aromatic rings. The summed E-state index contributed by atoms with van der Waals surface area (Å²) < 4.78 is 0. The minimum atomic E-state index is -0.889. The van der Waals surface area contributed by atoms with Crippen molar-refractivity contribution < 1.29 is 14.7 Å². The normalized spacial score (nSPS) is 10.3. The third-order valence-electron chi connectivity index (χ3n) is 3.18. The second-order valence-electron chi connectivity index (χ2n) is 4.66. The smallest absolute Gasteiger partial charge is 0.305 e. The number of carboxylic acid groups (broad SMARTS) is 1. The highest BCUT2D eigenvalue weighted by Crippen LogP contribution is 2.24. The van der Waals surface area contributed by atoms with Gasteiger partial charge in [-0.15, -0.1) is 0 Å². The van der Waals surface area contributed by atoms with Gasteiger partial charge in [-0.3, -0.25) is 9.59 Å². The van der Waals surface area contributed by atoms with Gasteiger partial charge in [-0.1, -0.05) is 19.1 Å². The van der Waals surface area contributed by atoms with E-state index in [1.54, 1.807) is 4.90 Å². The maximum Gasteiger partial charge on any atom is 0.305 e. The molecule has 4 heteroatoms. The molecule has 0 atom stereocenters. The molecule has 104 valence electrons. The molecule has 0 aromatic heterocycles. The molecule has 1 aromatic carbocycles. The number of aryl methyl sites for hydroxylation is 1. The van der Waals surface area contributed by atoms with E-state index in [0.717, 1.165) is 23.2 Å².